The van der Waals surface area contributed by atoms with Crippen molar-refractivity contribution >= 4 is 23.5 Å². The molecule has 0 radical (unpaired) electrons. The number of alkyl halides is 3. The predicted molar refractivity (Wildman–Crippen MR) is 119 cm³/mol. The first-order valence-corrected chi connectivity index (χ1v) is 10.4. The van der Waals surface area contributed by atoms with Crippen LogP contribution in [0.15, 0.2) is 72.4 Å². The van der Waals surface area contributed by atoms with Crippen molar-refractivity contribution in [3.8, 4) is 0 Å². The second kappa shape index (κ2) is 9.44. The van der Waals surface area contributed by atoms with Crippen LogP contribution in [0.5, 0.6) is 0 Å². The van der Waals surface area contributed by atoms with Crippen molar-refractivity contribution in [3.63, 3.8) is 0 Å². The first-order valence-electron chi connectivity index (χ1n) is 10.4. The molecule has 0 saturated carbocycles. The third-order valence-corrected chi connectivity index (χ3v) is 5.47. The summed E-state index contributed by atoms with van der Waals surface area (Å²) in [6.07, 6.45) is -0.0278. The number of hydrogen-bond acceptors (Lipinski definition) is 3. The number of nitrogens with one attached hydrogen (secondary N) is 1. The largest absolute Gasteiger partial charge is 0.416 e. The average molecular weight is 455 g/mol. The van der Waals surface area contributed by atoms with E-state index in [1.807, 2.05) is 4.90 Å². The van der Waals surface area contributed by atoms with Crippen LogP contribution in [0.3, 0.4) is 0 Å². The van der Waals surface area contributed by atoms with Crippen LogP contribution < -0.4 is 10.2 Å². The van der Waals surface area contributed by atoms with Crippen LogP contribution in [0.2, 0.25) is 0 Å². The van der Waals surface area contributed by atoms with E-state index in [0.29, 0.717) is 43.0 Å². The number of amides is 1. The summed E-state index contributed by atoms with van der Waals surface area (Å²) >= 11 is 0. The minimum atomic E-state index is -4.39. The van der Waals surface area contributed by atoms with Gasteiger partial charge in [-0.25, -0.2) is 9.37 Å². The van der Waals surface area contributed by atoms with E-state index in [4.69, 9.17) is 0 Å². The first kappa shape index (κ1) is 22.5. The van der Waals surface area contributed by atoms with Gasteiger partial charge in [0.1, 0.15) is 11.6 Å². The van der Waals surface area contributed by atoms with Crippen molar-refractivity contribution < 1.29 is 22.4 Å². The molecule has 0 bridgehead atoms. The van der Waals surface area contributed by atoms with Crippen molar-refractivity contribution in [2.75, 3.05) is 23.3 Å². The lowest BCUT2D eigenvalue weighted by atomic mass is 9.98. The topological polar surface area (TPSA) is 45.2 Å². The number of hydrogen-bond donors (Lipinski definition) is 1. The van der Waals surface area contributed by atoms with E-state index in [1.54, 1.807) is 24.3 Å². The molecule has 1 aromatic heterocycles. The summed E-state index contributed by atoms with van der Waals surface area (Å²) in [6.45, 7) is 1.24. The lowest BCUT2D eigenvalue weighted by Crippen LogP contribution is -2.31. The van der Waals surface area contributed by atoms with Gasteiger partial charge in [-0.1, -0.05) is 29.8 Å². The SMILES string of the molecule is O=C(Nc1ccc(F)cc1)c1ccc(N2CCC(=Cc3ccccc3C(F)(F)F)CC2)nc1. The van der Waals surface area contributed by atoms with Crippen LogP contribution >= 0.6 is 0 Å². The zero-order chi connectivity index (χ0) is 23.4. The predicted octanol–water partition coefficient (Wildman–Crippen LogP) is 6.18. The van der Waals surface area contributed by atoms with Crippen LogP contribution in [0.4, 0.5) is 29.1 Å². The molecule has 3 aromatic rings. The third-order valence-electron chi connectivity index (χ3n) is 5.47. The smallest absolute Gasteiger partial charge is 0.356 e. The highest BCUT2D eigenvalue weighted by Crippen LogP contribution is 2.34. The number of pyridine rings is 1. The zero-order valence-corrected chi connectivity index (χ0v) is 17.6. The number of carbonyl (C=O) groups is 1. The van der Waals surface area contributed by atoms with E-state index >= 15 is 0 Å². The van der Waals surface area contributed by atoms with Gasteiger partial charge in [-0.2, -0.15) is 13.2 Å². The lowest BCUT2D eigenvalue weighted by molar-refractivity contribution is -0.137. The van der Waals surface area contributed by atoms with Gasteiger partial charge in [-0.15, -0.1) is 0 Å². The highest BCUT2D eigenvalue weighted by Gasteiger charge is 2.32. The summed E-state index contributed by atoms with van der Waals surface area (Å²) in [5, 5.41) is 2.68. The van der Waals surface area contributed by atoms with E-state index in [9.17, 15) is 22.4 Å². The monoisotopic (exact) mass is 455 g/mol. The average Bonchev–Trinajstić information content (AvgIpc) is 2.81. The van der Waals surface area contributed by atoms with Crippen LogP contribution in [0, 0.1) is 5.82 Å². The number of piperidine rings is 1. The first-order chi connectivity index (χ1) is 15.8. The van der Waals surface area contributed by atoms with Crippen LogP contribution in [-0.4, -0.2) is 24.0 Å². The Hall–Kier alpha value is -3.68. The Kier molecular flexibility index (Phi) is 6.44. The van der Waals surface area contributed by atoms with E-state index in [0.717, 1.165) is 11.6 Å². The molecule has 2 aromatic carbocycles. The molecule has 0 spiro atoms. The van der Waals surface area contributed by atoms with Gasteiger partial charge in [-0.3, -0.25) is 4.79 Å². The molecule has 33 heavy (non-hydrogen) atoms. The molecule has 4 rings (SSSR count). The Morgan fingerprint density at radius 2 is 1.67 bits per heavy atom. The molecule has 1 aliphatic heterocycles. The standard InChI is InChI=1S/C25H21F4N3O/c26-20-6-8-21(9-7-20)31-24(33)19-5-10-23(30-16-19)32-13-11-17(12-14-32)15-18-3-1-2-4-22(18)25(27,28)29/h1-10,15-16H,11-14H2,(H,31,33). The number of nitrogens with zero attached hydrogens (tertiary/aromatic N) is 2. The van der Waals surface area contributed by atoms with Gasteiger partial charge >= 0.3 is 6.18 Å². The lowest BCUT2D eigenvalue weighted by Gasteiger charge is -2.29. The number of benzene rings is 2. The minimum Gasteiger partial charge on any atom is -0.356 e. The molecule has 1 N–H and O–H groups in total. The third kappa shape index (κ3) is 5.58. The molecule has 0 atom stereocenters. The fourth-order valence-corrected chi connectivity index (χ4v) is 3.71. The number of anilines is 2. The highest BCUT2D eigenvalue weighted by atomic mass is 19.4. The van der Waals surface area contributed by atoms with Gasteiger partial charge in [0.15, 0.2) is 0 Å². The Labute approximate surface area is 188 Å². The van der Waals surface area contributed by atoms with Gasteiger partial charge in [0.05, 0.1) is 11.1 Å². The van der Waals surface area contributed by atoms with E-state index in [2.05, 4.69) is 10.3 Å². The molecule has 8 heteroatoms. The van der Waals surface area contributed by atoms with Gasteiger partial charge < -0.3 is 10.2 Å². The molecule has 0 aliphatic carbocycles. The number of rotatable bonds is 4. The van der Waals surface area contributed by atoms with Gasteiger partial charge in [-0.05, 0) is 60.9 Å². The maximum atomic E-state index is 13.2. The summed E-state index contributed by atoms with van der Waals surface area (Å²) in [4.78, 5) is 18.8. The highest BCUT2D eigenvalue weighted by molar-refractivity contribution is 6.04. The second-order valence-corrected chi connectivity index (χ2v) is 7.74. The summed E-state index contributed by atoms with van der Waals surface area (Å²) in [7, 11) is 0. The second-order valence-electron chi connectivity index (χ2n) is 7.74. The quantitative estimate of drug-likeness (QED) is 0.478. The van der Waals surface area contributed by atoms with Crippen LogP contribution in [0.25, 0.3) is 6.08 Å². The Morgan fingerprint density at radius 1 is 0.970 bits per heavy atom. The Balaban J connectivity index is 1.38. The fourth-order valence-electron chi connectivity index (χ4n) is 3.71. The van der Waals surface area contributed by atoms with Gasteiger partial charge in [0.2, 0.25) is 0 Å². The van der Waals surface area contributed by atoms with Crippen molar-refractivity contribution in [3.05, 3.63) is 94.9 Å². The summed E-state index contributed by atoms with van der Waals surface area (Å²) in [6, 6.07) is 14.5. The molecule has 4 nitrogen and oxygen atoms in total. The summed E-state index contributed by atoms with van der Waals surface area (Å²) in [5.41, 5.74) is 1.36. The maximum Gasteiger partial charge on any atom is 0.416 e. The molecule has 1 aliphatic rings. The molecule has 170 valence electrons. The molecule has 1 fully saturated rings. The molecule has 1 amide bonds. The summed E-state index contributed by atoms with van der Waals surface area (Å²) < 4.78 is 52.7. The fraction of sp³-hybridized carbons (Fsp3) is 0.200. The minimum absolute atomic E-state index is 0.183. The van der Waals surface area contributed by atoms with E-state index in [-0.39, 0.29) is 17.3 Å². The van der Waals surface area contributed by atoms with Crippen molar-refractivity contribution in [1.29, 1.82) is 0 Å². The van der Waals surface area contributed by atoms with Crippen LogP contribution in [0.1, 0.15) is 34.3 Å². The number of aromatic nitrogens is 1. The Bertz CT molecular complexity index is 1150. The molecule has 2 heterocycles. The van der Waals surface area contributed by atoms with Crippen molar-refractivity contribution in [2.24, 2.45) is 0 Å². The zero-order valence-electron chi connectivity index (χ0n) is 17.6. The van der Waals surface area contributed by atoms with Gasteiger partial charge in [0.25, 0.3) is 5.91 Å². The number of carbonyl (C=O) groups excluding carboxylic acids is 1. The maximum absolute atomic E-state index is 13.2. The molecular weight excluding hydrogens is 434 g/mol. The van der Waals surface area contributed by atoms with E-state index in [1.165, 1.54) is 42.6 Å². The molecule has 0 unspecified atom stereocenters. The summed E-state index contributed by atoms with van der Waals surface area (Å²) in [5.74, 6) is -0.0426. The van der Waals surface area contributed by atoms with Crippen molar-refractivity contribution in [2.45, 2.75) is 19.0 Å². The van der Waals surface area contributed by atoms with Crippen LogP contribution in [-0.2, 0) is 6.18 Å². The Morgan fingerprint density at radius 3 is 2.30 bits per heavy atom. The normalized spacial score (nSPS) is 14.2. The molecular formula is C25H21F4N3O. The van der Waals surface area contributed by atoms with Gasteiger partial charge in [0, 0.05) is 25.0 Å². The number of halogens is 4. The molecule has 1 saturated heterocycles. The van der Waals surface area contributed by atoms with Crippen molar-refractivity contribution in [1.82, 2.24) is 4.98 Å². The van der Waals surface area contributed by atoms with E-state index < -0.39 is 11.7 Å².